The molecule has 0 fully saturated rings. The van der Waals surface area contributed by atoms with Crippen molar-refractivity contribution in [2.24, 2.45) is 0 Å². The number of hydrogen-bond acceptors (Lipinski definition) is 2. The molecule has 0 saturated heterocycles. The van der Waals surface area contributed by atoms with E-state index in [4.69, 9.17) is 0 Å². The maximum Gasteiger partial charge on any atom is 0.138 e. The molecule has 2 rings (SSSR count). The van der Waals surface area contributed by atoms with Crippen LogP contribution < -0.4 is 0 Å². The molecule has 1 heterocycles. The van der Waals surface area contributed by atoms with Gasteiger partial charge in [-0.15, -0.1) is 0 Å². The van der Waals surface area contributed by atoms with Crippen LogP contribution in [0.1, 0.15) is 38.6 Å². The Morgan fingerprint density at radius 1 is 1.31 bits per heavy atom. The molecule has 0 radical (unpaired) electrons. The first kappa shape index (κ1) is 11.1. The summed E-state index contributed by atoms with van der Waals surface area (Å²) >= 11 is 0. The van der Waals surface area contributed by atoms with Gasteiger partial charge in [-0.2, -0.15) is 0 Å². The van der Waals surface area contributed by atoms with Crippen LogP contribution in [-0.4, -0.2) is 14.7 Å². The first-order chi connectivity index (χ1) is 7.77. The SMILES string of the molecule is CCCn1c([C@H](O)CC)nc2ccccc21. The Morgan fingerprint density at radius 3 is 2.75 bits per heavy atom. The van der Waals surface area contributed by atoms with Crippen molar-refractivity contribution in [2.75, 3.05) is 0 Å². The third kappa shape index (κ3) is 1.83. The number of benzene rings is 1. The van der Waals surface area contributed by atoms with E-state index in [1.165, 1.54) is 0 Å². The number of para-hydroxylation sites is 2. The summed E-state index contributed by atoms with van der Waals surface area (Å²) < 4.78 is 2.13. The lowest BCUT2D eigenvalue weighted by molar-refractivity contribution is 0.159. The van der Waals surface area contributed by atoms with Crippen LogP contribution in [0.5, 0.6) is 0 Å². The minimum absolute atomic E-state index is 0.459. The zero-order valence-electron chi connectivity index (χ0n) is 9.85. The maximum absolute atomic E-state index is 9.95. The Hall–Kier alpha value is -1.35. The molecule has 1 aromatic carbocycles. The van der Waals surface area contributed by atoms with Crippen molar-refractivity contribution in [3.05, 3.63) is 30.1 Å². The van der Waals surface area contributed by atoms with Crippen molar-refractivity contribution < 1.29 is 5.11 Å². The van der Waals surface area contributed by atoms with E-state index >= 15 is 0 Å². The van der Waals surface area contributed by atoms with Gasteiger partial charge in [-0.3, -0.25) is 0 Å². The second-order valence-corrected chi connectivity index (χ2v) is 4.03. The molecule has 3 nitrogen and oxygen atoms in total. The molecule has 1 aromatic heterocycles. The summed E-state index contributed by atoms with van der Waals surface area (Å²) in [5, 5.41) is 9.95. The van der Waals surface area contributed by atoms with Gasteiger partial charge in [0.1, 0.15) is 11.9 Å². The van der Waals surface area contributed by atoms with Gasteiger partial charge in [-0.25, -0.2) is 4.98 Å². The molecule has 0 aliphatic rings. The number of aliphatic hydroxyl groups is 1. The van der Waals surface area contributed by atoms with E-state index in [9.17, 15) is 5.11 Å². The molecule has 0 saturated carbocycles. The molecular formula is C13H18N2O. The predicted octanol–water partition coefficient (Wildman–Crippen LogP) is 2.89. The van der Waals surface area contributed by atoms with Crippen LogP contribution in [-0.2, 0) is 6.54 Å². The van der Waals surface area contributed by atoms with Crippen LogP contribution >= 0.6 is 0 Å². The highest BCUT2D eigenvalue weighted by molar-refractivity contribution is 5.75. The Morgan fingerprint density at radius 2 is 2.06 bits per heavy atom. The average molecular weight is 218 g/mol. The summed E-state index contributed by atoms with van der Waals surface area (Å²) in [7, 11) is 0. The highest BCUT2D eigenvalue weighted by Crippen LogP contribution is 2.22. The number of fused-ring (bicyclic) bond motifs is 1. The van der Waals surface area contributed by atoms with Crippen LogP contribution in [0.25, 0.3) is 11.0 Å². The van der Waals surface area contributed by atoms with Gasteiger partial charge in [0.25, 0.3) is 0 Å². The Labute approximate surface area is 95.7 Å². The highest BCUT2D eigenvalue weighted by atomic mass is 16.3. The van der Waals surface area contributed by atoms with Crippen molar-refractivity contribution in [1.29, 1.82) is 0 Å². The molecule has 0 aliphatic carbocycles. The number of hydrogen-bond donors (Lipinski definition) is 1. The van der Waals surface area contributed by atoms with Crippen molar-refractivity contribution >= 4 is 11.0 Å². The monoisotopic (exact) mass is 218 g/mol. The third-order valence-electron chi connectivity index (χ3n) is 2.82. The van der Waals surface area contributed by atoms with Crippen LogP contribution in [0, 0.1) is 0 Å². The average Bonchev–Trinajstić information content (AvgIpc) is 2.68. The molecule has 0 spiro atoms. The van der Waals surface area contributed by atoms with Gasteiger partial charge >= 0.3 is 0 Å². The van der Waals surface area contributed by atoms with Crippen molar-refractivity contribution in [3.8, 4) is 0 Å². The van der Waals surface area contributed by atoms with Crippen molar-refractivity contribution in [3.63, 3.8) is 0 Å². The first-order valence-corrected chi connectivity index (χ1v) is 5.91. The van der Waals surface area contributed by atoms with Gasteiger partial charge in [0, 0.05) is 6.54 Å². The molecule has 2 aromatic rings. The van der Waals surface area contributed by atoms with E-state index in [0.717, 1.165) is 29.8 Å². The molecule has 3 heteroatoms. The van der Waals surface area contributed by atoms with Crippen LogP contribution in [0.3, 0.4) is 0 Å². The molecule has 1 atom stereocenters. The second kappa shape index (κ2) is 4.66. The molecule has 86 valence electrons. The van der Waals surface area contributed by atoms with Gasteiger partial charge < -0.3 is 9.67 Å². The molecule has 0 unspecified atom stereocenters. The van der Waals surface area contributed by atoms with Gasteiger partial charge in [-0.05, 0) is 25.0 Å². The van der Waals surface area contributed by atoms with Crippen LogP contribution in [0.2, 0.25) is 0 Å². The van der Waals surface area contributed by atoms with E-state index in [2.05, 4.69) is 22.5 Å². The number of rotatable bonds is 4. The number of aromatic nitrogens is 2. The summed E-state index contributed by atoms with van der Waals surface area (Å²) in [6.45, 7) is 5.02. The van der Waals surface area contributed by atoms with Crippen molar-refractivity contribution in [2.45, 2.75) is 39.3 Å². The zero-order chi connectivity index (χ0) is 11.5. The second-order valence-electron chi connectivity index (χ2n) is 4.03. The molecule has 0 aliphatic heterocycles. The Kier molecular flexibility index (Phi) is 3.25. The zero-order valence-corrected chi connectivity index (χ0v) is 9.85. The summed E-state index contributed by atoms with van der Waals surface area (Å²) in [4.78, 5) is 4.52. The largest absolute Gasteiger partial charge is 0.385 e. The van der Waals surface area contributed by atoms with Gasteiger partial charge in [-0.1, -0.05) is 26.0 Å². The predicted molar refractivity (Wildman–Crippen MR) is 65.3 cm³/mol. The van der Waals surface area contributed by atoms with E-state index < -0.39 is 6.10 Å². The summed E-state index contributed by atoms with van der Waals surface area (Å²) in [5.41, 5.74) is 2.09. The molecule has 1 N–H and O–H groups in total. The normalized spacial score (nSPS) is 13.2. The van der Waals surface area contributed by atoms with Gasteiger partial charge in [0.05, 0.1) is 11.0 Å². The fraction of sp³-hybridized carbons (Fsp3) is 0.462. The van der Waals surface area contributed by atoms with E-state index in [0.29, 0.717) is 6.42 Å². The Balaban J connectivity index is 2.58. The smallest absolute Gasteiger partial charge is 0.138 e. The highest BCUT2D eigenvalue weighted by Gasteiger charge is 2.15. The van der Waals surface area contributed by atoms with Crippen LogP contribution in [0.4, 0.5) is 0 Å². The minimum atomic E-state index is -0.459. The Bertz CT molecular complexity index is 476. The molecule has 0 bridgehead atoms. The standard InChI is InChI=1S/C13H18N2O/c1-3-9-15-11-8-6-5-7-10(11)14-13(15)12(16)4-2/h5-8,12,16H,3-4,9H2,1-2H3/t12-/m1/s1. The van der Waals surface area contributed by atoms with E-state index in [1.54, 1.807) is 0 Å². The summed E-state index contributed by atoms with van der Waals surface area (Å²) in [5.74, 6) is 0.797. The van der Waals surface area contributed by atoms with Gasteiger partial charge in [0.2, 0.25) is 0 Å². The molecular weight excluding hydrogens is 200 g/mol. The number of aliphatic hydroxyl groups excluding tert-OH is 1. The summed E-state index contributed by atoms with van der Waals surface area (Å²) in [6, 6.07) is 8.04. The van der Waals surface area contributed by atoms with Crippen molar-refractivity contribution in [1.82, 2.24) is 9.55 Å². The number of nitrogens with zero attached hydrogens (tertiary/aromatic N) is 2. The number of aryl methyl sites for hydroxylation is 1. The summed E-state index contributed by atoms with van der Waals surface area (Å²) in [6.07, 6.45) is 1.29. The quantitative estimate of drug-likeness (QED) is 0.856. The van der Waals surface area contributed by atoms with E-state index in [1.807, 2.05) is 25.1 Å². The number of imidazole rings is 1. The molecule has 0 amide bonds. The van der Waals surface area contributed by atoms with Crippen LogP contribution in [0.15, 0.2) is 24.3 Å². The topological polar surface area (TPSA) is 38.0 Å². The lowest BCUT2D eigenvalue weighted by Gasteiger charge is -2.11. The fourth-order valence-electron chi connectivity index (χ4n) is 1.99. The first-order valence-electron chi connectivity index (χ1n) is 5.91. The lowest BCUT2D eigenvalue weighted by atomic mass is 10.2. The molecule has 16 heavy (non-hydrogen) atoms. The lowest BCUT2D eigenvalue weighted by Crippen LogP contribution is -2.08. The maximum atomic E-state index is 9.95. The third-order valence-corrected chi connectivity index (χ3v) is 2.82. The van der Waals surface area contributed by atoms with E-state index in [-0.39, 0.29) is 0 Å². The fourth-order valence-corrected chi connectivity index (χ4v) is 1.99. The minimum Gasteiger partial charge on any atom is -0.385 e. The van der Waals surface area contributed by atoms with Gasteiger partial charge in [0.15, 0.2) is 0 Å².